The molecule has 1 heterocycles. The van der Waals surface area contributed by atoms with E-state index in [1.807, 2.05) is 18.2 Å². The second-order valence-electron chi connectivity index (χ2n) is 15.5. The predicted molar refractivity (Wildman–Crippen MR) is 188 cm³/mol. The van der Waals surface area contributed by atoms with Crippen LogP contribution in [0.15, 0.2) is 72.3 Å². The number of hydrogen-bond donors (Lipinski definition) is 2. The molecule has 0 radical (unpaired) electrons. The van der Waals surface area contributed by atoms with Gasteiger partial charge in [-0.05, 0) is 103 Å². The summed E-state index contributed by atoms with van der Waals surface area (Å²) < 4.78 is 24.3. The number of carbonyl (C=O) groups excluding carboxylic acids is 1. The van der Waals surface area contributed by atoms with Crippen LogP contribution in [0.5, 0.6) is 0 Å². The van der Waals surface area contributed by atoms with Crippen molar-refractivity contribution in [1.29, 1.82) is 0 Å². The molecular weight excluding hydrogens is 605 g/mol. The van der Waals surface area contributed by atoms with Crippen LogP contribution < -0.4 is 4.72 Å². The zero-order chi connectivity index (χ0) is 33.1. The number of nitrogens with one attached hydrogen (secondary N) is 1. The molecule has 1 aromatic heterocycles. The van der Waals surface area contributed by atoms with Crippen molar-refractivity contribution in [3.05, 3.63) is 100 Å². The first kappa shape index (κ1) is 32.0. The van der Waals surface area contributed by atoms with Crippen LogP contribution in [0.4, 0.5) is 5.95 Å². The first-order valence-corrected chi connectivity index (χ1v) is 18.1. The first-order chi connectivity index (χ1) is 22.4. The minimum Gasteiger partial charge on any atom is -0.335 e. The fourth-order valence-corrected chi connectivity index (χ4v) is 7.93. The molecule has 4 atom stereocenters. The number of nitrogens with zero attached hydrogens (tertiary/aromatic N) is 3. The lowest BCUT2D eigenvalue weighted by Gasteiger charge is -2.45. The zero-order valence-corrected chi connectivity index (χ0v) is 28.9. The van der Waals surface area contributed by atoms with Gasteiger partial charge in [-0.1, -0.05) is 81.5 Å². The third kappa shape index (κ3) is 6.86. The van der Waals surface area contributed by atoms with E-state index in [1.54, 1.807) is 0 Å². The van der Waals surface area contributed by atoms with E-state index in [0.29, 0.717) is 35.9 Å². The number of carbonyl (C=O) groups is 1. The highest BCUT2D eigenvalue weighted by Crippen LogP contribution is 2.62. The molecule has 4 aliphatic carbocycles. The maximum absolute atomic E-state index is 14.4. The van der Waals surface area contributed by atoms with E-state index in [1.165, 1.54) is 18.4 Å². The normalized spacial score (nSPS) is 22.1. The van der Waals surface area contributed by atoms with Gasteiger partial charge in [0.05, 0.1) is 11.4 Å². The topological polar surface area (TPSA) is 95.4 Å². The van der Waals surface area contributed by atoms with Gasteiger partial charge in [-0.15, -0.1) is 0 Å². The van der Waals surface area contributed by atoms with Crippen molar-refractivity contribution >= 4 is 23.1 Å². The maximum atomic E-state index is 14.4. The van der Waals surface area contributed by atoms with Gasteiger partial charge in [0.1, 0.15) is 0 Å². The molecule has 0 aliphatic heterocycles. The zero-order valence-electron chi connectivity index (χ0n) is 28.1. The summed E-state index contributed by atoms with van der Waals surface area (Å²) in [7, 11) is 0. The van der Waals surface area contributed by atoms with Crippen molar-refractivity contribution in [2.45, 2.75) is 90.5 Å². The summed E-state index contributed by atoms with van der Waals surface area (Å²) in [5, 5.41) is 0. The van der Waals surface area contributed by atoms with Crippen LogP contribution >= 0.6 is 0 Å². The number of allylic oxidation sites excluding steroid dienone is 2. The number of hydrogen-bond acceptors (Lipinski definition) is 4. The molecule has 47 heavy (non-hydrogen) atoms. The van der Waals surface area contributed by atoms with Crippen LogP contribution in [0.2, 0.25) is 0 Å². The van der Waals surface area contributed by atoms with E-state index in [2.05, 4.69) is 92.8 Å². The molecule has 2 aromatic carbocycles. The SMILES string of the molecule is Cc1cccc(C)c1-c1cc(C(Cc2ccc(C(C)(C)C)cc2)CN(C(=O)C2=CC3CC3C=C2)C2CC3(CC3)C2)nc(NS(=O)O)n1. The fraction of sp³-hybridized carbons (Fsp3) is 0.462. The smallest absolute Gasteiger partial charge is 0.261 e. The van der Waals surface area contributed by atoms with Crippen molar-refractivity contribution in [2.24, 2.45) is 17.3 Å². The van der Waals surface area contributed by atoms with E-state index >= 15 is 0 Å². The molecule has 0 bridgehead atoms. The van der Waals surface area contributed by atoms with Gasteiger partial charge in [-0.3, -0.25) is 14.1 Å². The molecule has 3 aromatic rings. The lowest BCUT2D eigenvalue weighted by molar-refractivity contribution is -0.132. The van der Waals surface area contributed by atoms with Crippen LogP contribution in [0.25, 0.3) is 11.3 Å². The standard InChI is InChI=1S/C39H46N4O3S/c1-24-7-6-8-25(2)35(24)34-20-33(40-37(41-34)42-47(45)46)30(17-26-9-13-31(14-10-26)38(3,4)5)23-43(32-21-39(22-32)15-16-39)36(44)28-12-11-27-18-29(27)19-28/h6-14,19-20,27,29-30,32H,15-18,21-23H2,1-5H3,(H,45,46)(H,40,41,42). The highest BCUT2D eigenvalue weighted by Gasteiger charge is 2.55. The van der Waals surface area contributed by atoms with Gasteiger partial charge in [0.25, 0.3) is 17.2 Å². The lowest BCUT2D eigenvalue weighted by atomic mass is 9.75. The van der Waals surface area contributed by atoms with E-state index in [4.69, 9.17) is 9.97 Å². The first-order valence-electron chi connectivity index (χ1n) is 17.0. The molecule has 3 saturated carbocycles. The molecule has 2 N–H and O–H groups in total. The Hall–Kier alpha value is -3.62. The van der Waals surface area contributed by atoms with Gasteiger partial charge in [-0.25, -0.2) is 14.2 Å². The Morgan fingerprint density at radius 3 is 2.38 bits per heavy atom. The molecule has 3 fully saturated rings. The van der Waals surface area contributed by atoms with E-state index in [0.717, 1.165) is 52.8 Å². The van der Waals surface area contributed by atoms with Crippen LogP contribution in [0, 0.1) is 31.1 Å². The Morgan fingerprint density at radius 1 is 1.06 bits per heavy atom. The molecule has 0 saturated heterocycles. The Bertz CT molecular complexity index is 1760. The molecule has 7 nitrogen and oxygen atoms in total. The van der Waals surface area contributed by atoms with Crippen molar-refractivity contribution in [2.75, 3.05) is 11.3 Å². The van der Waals surface area contributed by atoms with Gasteiger partial charge in [0.2, 0.25) is 5.95 Å². The molecule has 1 amide bonds. The molecule has 246 valence electrons. The van der Waals surface area contributed by atoms with Gasteiger partial charge in [0, 0.05) is 29.6 Å². The van der Waals surface area contributed by atoms with E-state index < -0.39 is 11.3 Å². The number of aryl methyl sites for hydroxylation is 2. The number of amides is 1. The average molecular weight is 651 g/mol. The molecule has 8 heteroatoms. The number of rotatable bonds is 10. The summed E-state index contributed by atoms with van der Waals surface area (Å²) in [5.74, 6) is 1.12. The summed E-state index contributed by atoms with van der Waals surface area (Å²) in [5.41, 5.74) is 8.28. The minimum absolute atomic E-state index is 0.0411. The van der Waals surface area contributed by atoms with E-state index in [-0.39, 0.29) is 29.2 Å². The minimum atomic E-state index is -2.34. The second-order valence-corrected chi connectivity index (χ2v) is 16.2. The average Bonchev–Trinajstić information content (AvgIpc) is 3.92. The second kappa shape index (κ2) is 12.1. The molecular formula is C39H46N4O3S. The van der Waals surface area contributed by atoms with Crippen LogP contribution in [-0.2, 0) is 27.9 Å². The van der Waals surface area contributed by atoms with Crippen molar-refractivity contribution < 1.29 is 13.6 Å². The monoisotopic (exact) mass is 650 g/mol. The third-order valence-electron chi connectivity index (χ3n) is 10.8. The van der Waals surface area contributed by atoms with Gasteiger partial charge in [-0.2, -0.15) is 0 Å². The third-order valence-corrected chi connectivity index (χ3v) is 11.2. The number of benzene rings is 2. The van der Waals surface area contributed by atoms with Crippen molar-refractivity contribution in [1.82, 2.24) is 14.9 Å². The predicted octanol–water partition coefficient (Wildman–Crippen LogP) is 7.84. The van der Waals surface area contributed by atoms with E-state index in [9.17, 15) is 13.6 Å². The summed E-state index contributed by atoms with van der Waals surface area (Å²) in [6, 6.07) is 17.1. The van der Waals surface area contributed by atoms with Crippen molar-refractivity contribution in [3.63, 3.8) is 0 Å². The summed E-state index contributed by atoms with van der Waals surface area (Å²) >= 11 is -2.34. The molecule has 4 aliphatic rings. The summed E-state index contributed by atoms with van der Waals surface area (Å²) in [6.45, 7) is 11.3. The lowest BCUT2D eigenvalue weighted by Crippen LogP contribution is -2.50. The molecule has 1 spiro atoms. The Balaban J connectivity index is 1.30. The largest absolute Gasteiger partial charge is 0.335 e. The summed E-state index contributed by atoms with van der Waals surface area (Å²) in [4.78, 5) is 26.1. The van der Waals surface area contributed by atoms with Crippen LogP contribution in [0.1, 0.15) is 86.7 Å². The van der Waals surface area contributed by atoms with Crippen LogP contribution in [0.3, 0.4) is 0 Å². The van der Waals surface area contributed by atoms with Crippen LogP contribution in [-0.4, -0.2) is 42.1 Å². The van der Waals surface area contributed by atoms with Gasteiger partial charge in [0.15, 0.2) is 0 Å². The Labute approximate surface area is 281 Å². The number of fused-ring (bicyclic) bond motifs is 1. The fourth-order valence-electron chi connectivity index (χ4n) is 7.68. The highest BCUT2D eigenvalue weighted by molar-refractivity contribution is 7.80. The Kier molecular flexibility index (Phi) is 8.24. The highest BCUT2D eigenvalue weighted by atomic mass is 32.2. The number of aromatic nitrogens is 2. The quantitative estimate of drug-likeness (QED) is 0.218. The molecule has 4 unspecified atom stereocenters. The van der Waals surface area contributed by atoms with Crippen molar-refractivity contribution in [3.8, 4) is 11.3 Å². The Morgan fingerprint density at radius 2 is 1.77 bits per heavy atom. The number of anilines is 1. The summed E-state index contributed by atoms with van der Waals surface area (Å²) in [6.07, 6.45) is 12.9. The maximum Gasteiger partial charge on any atom is 0.261 e. The molecule has 7 rings (SSSR count). The van der Waals surface area contributed by atoms with Gasteiger partial charge < -0.3 is 4.90 Å². The van der Waals surface area contributed by atoms with Gasteiger partial charge >= 0.3 is 0 Å².